The van der Waals surface area contributed by atoms with Gasteiger partial charge in [0, 0.05) is 60.8 Å². The standard InChI is InChI=1S/C55H59BF2N8O2/c1-7-44-45(33-64-53(59)51(44)39-15-18-43(67)19-16-39)42-17-20-47(63-32-42)37(5)62-29-24-35(3)60-27-9-8-10-28-61-36(4)40-12-11-13-41(30-40)52-34(2)14-23-50(66-52)65-38(6)54(25-26-54)49-22-21-48-46(56-49)31-55(57,58)68-48/h11-23,30,32-33,60-62,67H,3-10,24-29,31H2,1-2H3,(H2,59,64)(H,65,66). The number of fused-ring (bicyclic) bond motifs is 1. The van der Waals surface area contributed by atoms with Crippen LogP contribution in [0.1, 0.15) is 78.8 Å². The average Bonchev–Trinajstić information content (AvgIpc) is 4.08. The predicted octanol–water partition coefficient (Wildman–Crippen LogP) is 11.0. The summed E-state index contributed by atoms with van der Waals surface area (Å²) in [6.45, 7) is 25.5. The Morgan fingerprint density at radius 3 is 2.31 bits per heavy atom. The molecule has 6 aromatic rings. The van der Waals surface area contributed by atoms with Gasteiger partial charge in [-0.25, -0.2) is 4.98 Å². The number of anilines is 2. The number of benzene rings is 2. The Kier molecular flexibility index (Phi) is 14.1. The summed E-state index contributed by atoms with van der Waals surface area (Å²) in [7, 11) is 0. The second kappa shape index (κ2) is 20.3. The third kappa shape index (κ3) is 10.8. The Morgan fingerprint density at radius 2 is 1.57 bits per heavy atom. The number of hydrogen-bond acceptors (Lipinski definition) is 10. The van der Waals surface area contributed by atoms with Crippen LogP contribution >= 0.6 is 0 Å². The van der Waals surface area contributed by atoms with Crippen molar-refractivity contribution in [1.29, 1.82) is 0 Å². The summed E-state index contributed by atoms with van der Waals surface area (Å²) in [5, 5.41) is 23.6. The van der Waals surface area contributed by atoms with Gasteiger partial charge >= 0.3 is 192 Å². The molecule has 1 saturated carbocycles. The van der Waals surface area contributed by atoms with Crippen molar-refractivity contribution in [2.45, 2.75) is 76.7 Å². The van der Waals surface area contributed by atoms with Gasteiger partial charge in [-0.05, 0) is 55.0 Å². The molecule has 2 aliphatic rings. The summed E-state index contributed by atoms with van der Waals surface area (Å²) in [5.74, 6) is 1.58. The molecule has 68 heavy (non-hydrogen) atoms. The van der Waals surface area contributed by atoms with Crippen LogP contribution in [-0.4, -0.2) is 52.7 Å². The number of unbranched alkanes of at least 4 members (excludes halogenated alkanes) is 2. The number of aryl methyl sites for hydroxylation is 1. The fraction of sp³-hybridized carbons (Fsp3) is 0.273. The van der Waals surface area contributed by atoms with Gasteiger partial charge in [-0.1, -0.05) is 38.3 Å². The van der Waals surface area contributed by atoms with Crippen molar-refractivity contribution in [3.63, 3.8) is 0 Å². The fourth-order valence-electron chi connectivity index (χ4n) is 8.88. The number of aromatic hydroxyl groups is 1. The van der Waals surface area contributed by atoms with Gasteiger partial charge in [-0.3, -0.25) is 4.98 Å². The van der Waals surface area contributed by atoms with E-state index in [2.05, 4.69) is 77.7 Å². The van der Waals surface area contributed by atoms with Gasteiger partial charge in [0.1, 0.15) is 11.6 Å². The normalized spacial score (nSPS) is 13.9. The van der Waals surface area contributed by atoms with Gasteiger partial charge in [-0.15, -0.1) is 0 Å². The molecule has 1 aliphatic carbocycles. The first-order chi connectivity index (χ1) is 32.7. The molecule has 1 fully saturated rings. The molecule has 0 bridgehead atoms. The number of phenols is 1. The van der Waals surface area contributed by atoms with E-state index in [0.717, 1.165) is 142 Å². The van der Waals surface area contributed by atoms with Gasteiger partial charge in [0.15, 0.2) is 0 Å². The Hall–Kier alpha value is -7.28. The SMILES string of the molecule is C=C(CCNC(=C)c1ccc(-c2cnc(N)c(-c3ccc(O)cc3)c2CC)cn1)NCCCCCNC(=C)c1cccc(-c2nc(NC(=C)C3(c4bc5c(cc4)OC(F)(F)C5)CC3)ccc2C)c1. The van der Waals surface area contributed by atoms with Crippen molar-refractivity contribution in [2.24, 2.45) is 0 Å². The minimum atomic E-state index is -3.16. The van der Waals surface area contributed by atoms with Gasteiger partial charge in [0.05, 0.1) is 11.4 Å². The minimum absolute atomic E-state index is 0.200. The Balaban J connectivity index is 0.739. The molecule has 0 radical (unpaired) electrons. The zero-order valence-electron chi connectivity index (χ0n) is 39.0. The number of nitrogen functional groups attached to an aromatic ring is 1. The summed E-state index contributed by atoms with van der Waals surface area (Å²) in [5.41, 5.74) is 20.3. The zero-order chi connectivity index (χ0) is 48.0. The van der Waals surface area contributed by atoms with E-state index >= 15 is 0 Å². The molecular formula is C55H59BF2N8O2. The van der Waals surface area contributed by atoms with E-state index in [-0.39, 0.29) is 16.9 Å². The van der Waals surface area contributed by atoms with Crippen LogP contribution in [0.3, 0.4) is 0 Å². The quantitative estimate of drug-likeness (QED) is 0.0365. The number of ether oxygens (including phenoxy) is 1. The van der Waals surface area contributed by atoms with Crippen LogP contribution in [0.5, 0.6) is 11.5 Å². The predicted molar refractivity (Wildman–Crippen MR) is 273 cm³/mol. The number of pyridine rings is 3. The number of nitrogens with one attached hydrogen (secondary N) is 4. The molecule has 13 heteroatoms. The van der Waals surface area contributed by atoms with Crippen molar-refractivity contribution in [3.05, 3.63) is 168 Å². The van der Waals surface area contributed by atoms with Gasteiger partial charge in [-0.2, -0.15) is 0 Å². The average molecular weight is 913 g/mol. The molecule has 0 spiro atoms. The number of rotatable bonds is 22. The fourth-order valence-corrected chi connectivity index (χ4v) is 8.88. The van der Waals surface area contributed by atoms with Crippen molar-refractivity contribution >= 4 is 29.9 Å². The molecule has 1 aliphatic heterocycles. The van der Waals surface area contributed by atoms with Crippen LogP contribution in [0.2, 0.25) is 0 Å². The van der Waals surface area contributed by atoms with E-state index in [9.17, 15) is 13.9 Å². The summed E-state index contributed by atoms with van der Waals surface area (Å²) in [6, 6.07) is 26.8. The molecule has 7 N–H and O–H groups in total. The molecule has 0 amide bonds. The molecule has 348 valence electrons. The van der Waals surface area contributed by atoms with Crippen LogP contribution in [0.15, 0.2) is 135 Å². The van der Waals surface area contributed by atoms with Crippen LogP contribution < -0.4 is 31.7 Å². The summed E-state index contributed by atoms with van der Waals surface area (Å²) < 4.78 is 32.6. The third-order valence-corrected chi connectivity index (χ3v) is 12.9. The maximum absolute atomic E-state index is 13.9. The molecular weight excluding hydrogens is 853 g/mol. The number of halogens is 2. The van der Waals surface area contributed by atoms with Crippen molar-refractivity contribution < 1.29 is 18.6 Å². The number of phenolic OH excluding ortho intramolecular Hbond substituents is 1. The third-order valence-electron chi connectivity index (χ3n) is 12.9. The van der Waals surface area contributed by atoms with Gasteiger partial charge < -0.3 is 21.5 Å². The van der Waals surface area contributed by atoms with Crippen molar-refractivity contribution in [2.75, 3.05) is 30.7 Å². The zero-order valence-corrected chi connectivity index (χ0v) is 39.0. The monoisotopic (exact) mass is 912 g/mol. The first kappa shape index (κ1) is 47.2. The Labute approximate surface area is 398 Å². The first-order valence-electron chi connectivity index (χ1n) is 23.3. The number of hydrogen-bond donors (Lipinski definition) is 6. The summed E-state index contributed by atoms with van der Waals surface area (Å²) in [4.78, 5) is 14.2. The second-order valence-electron chi connectivity index (χ2n) is 17.8. The van der Waals surface area contributed by atoms with Crippen LogP contribution in [-0.2, 0) is 18.3 Å². The molecule has 0 saturated heterocycles. The summed E-state index contributed by atoms with van der Waals surface area (Å²) in [6.07, 6.45) is 6.38. The van der Waals surface area contributed by atoms with Crippen molar-refractivity contribution in [3.8, 4) is 45.0 Å². The topological polar surface area (TPSA) is 142 Å². The second-order valence-corrected chi connectivity index (χ2v) is 17.8. The van der Waals surface area contributed by atoms with Crippen molar-refractivity contribution in [1.82, 2.24) is 30.9 Å². The van der Waals surface area contributed by atoms with Crippen LogP contribution in [0.25, 0.3) is 44.9 Å². The number of nitrogens with zero attached hydrogens (tertiary/aromatic N) is 3. The number of aromatic nitrogens is 3. The molecule has 0 atom stereocenters. The van der Waals surface area contributed by atoms with E-state index in [0.29, 0.717) is 23.6 Å². The number of allylic oxidation sites excluding steroid dienone is 1. The van der Waals surface area contributed by atoms with E-state index in [1.54, 1.807) is 24.4 Å². The first-order valence-corrected chi connectivity index (χ1v) is 23.3. The van der Waals surface area contributed by atoms with E-state index in [1.165, 1.54) is 0 Å². The van der Waals surface area contributed by atoms with Gasteiger partial charge in [0.25, 0.3) is 0 Å². The number of alkyl halides is 2. The maximum atomic E-state index is 13.9. The molecule has 4 aromatic heterocycles. The molecule has 0 unspecified atom stereocenters. The Bertz CT molecular complexity index is 2860. The number of nitrogens with two attached hydrogens (primary N) is 1. The van der Waals surface area contributed by atoms with Crippen LogP contribution in [0, 0.1) is 6.92 Å². The molecule has 8 rings (SSSR count). The molecule has 10 nitrogen and oxygen atoms in total. The molecule has 2 aromatic carbocycles. The van der Waals surface area contributed by atoms with Crippen LogP contribution in [0.4, 0.5) is 20.4 Å². The van der Waals surface area contributed by atoms with E-state index < -0.39 is 12.5 Å². The summed E-state index contributed by atoms with van der Waals surface area (Å²) >= 11 is 0. The Morgan fingerprint density at radius 1 is 0.824 bits per heavy atom. The van der Waals surface area contributed by atoms with Gasteiger partial charge in [0.2, 0.25) is 0 Å². The van der Waals surface area contributed by atoms with E-state index in [1.807, 2.05) is 68.6 Å². The van der Waals surface area contributed by atoms with E-state index in [4.69, 9.17) is 20.4 Å². The molecule has 5 heterocycles.